The molecule has 0 atom stereocenters. The van der Waals surface area contributed by atoms with Crippen LogP contribution in [0.1, 0.15) is 28.8 Å². The van der Waals surface area contributed by atoms with Gasteiger partial charge in [-0.25, -0.2) is 4.98 Å². The highest BCUT2D eigenvalue weighted by Crippen LogP contribution is 2.33. The Morgan fingerprint density at radius 3 is 2.78 bits per heavy atom. The van der Waals surface area contributed by atoms with E-state index in [1.807, 2.05) is 23.1 Å². The highest BCUT2D eigenvalue weighted by atomic mass is 35.5. The van der Waals surface area contributed by atoms with Crippen molar-refractivity contribution in [2.24, 2.45) is 0 Å². The predicted molar refractivity (Wildman–Crippen MR) is 105 cm³/mol. The summed E-state index contributed by atoms with van der Waals surface area (Å²) in [6.45, 7) is 1.23. The van der Waals surface area contributed by atoms with E-state index >= 15 is 0 Å². The zero-order valence-electron chi connectivity index (χ0n) is 14.4. The third-order valence-corrected chi connectivity index (χ3v) is 5.80. The Morgan fingerprint density at radius 1 is 1.26 bits per heavy atom. The first-order chi connectivity index (χ1) is 13.1. The molecule has 4 rings (SSSR count). The Morgan fingerprint density at radius 2 is 2.04 bits per heavy atom. The lowest BCUT2D eigenvalue weighted by atomic mass is 10.1. The minimum atomic E-state index is -0.0441. The fourth-order valence-corrected chi connectivity index (χ4v) is 4.35. The summed E-state index contributed by atoms with van der Waals surface area (Å²) in [5, 5.41) is 10.2. The van der Waals surface area contributed by atoms with Gasteiger partial charge in [-0.05, 0) is 30.3 Å². The van der Waals surface area contributed by atoms with Crippen molar-refractivity contribution in [1.29, 1.82) is 5.26 Å². The summed E-state index contributed by atoms with van der Waals surface area (Å²) in [4.78, 5) is 18.9. The van der Waals surface area contributed by atoms with Crippen molar-refractivity contribution in [3.05, 3.63) is 58.6 Å². The number of halogens is 1. The molecule has 1 aliphatic heterocycles. The largest absolute Gasteiger partial charge is 0.467 e. The highest BCUT2D eigenvalue weighted by Gasteiger charge is 2.25. The van der Waals surface area contributed by atoms with Gasteiger partial charge >= 0.3 is 0 Å². The van der Waals surface area contributed by atoms with Crippen LogP contribution in [0.15, 0.2) is 42.5 Å². The van der Waals surface area contributed by atoms with Crippen LogP contribution in [0.25, 0.3) is 10.2 Å². The van der Waals surface area contributed by atoms with E-state index in [1.54, 1.807) is 24.3 Å². The number of likely N-dealkylation sites (tertiary alicyclic amines) is 1. The molecule has 0 bridgehead atoms. The van der Waals surface area contributed by atoms with Crippen LogP contribution in [0.5, 0.6) is 5.19 Å². The van der Waals surface area contributed by atoms with E-state index < -0.39 is 0 Å². The van der Waals surface area contributed by atoms with E-state index in [2.05, 4.69) is 11.1 Å². The number of carbonyl (C=O) groups excluding carboxylic acids is 1. The van der Waals surface area contributed by atoms with Crippen molar-refractivity contribution in [1.82, 2.24) is 9.88 Å². The summed E-state index contributed by atoms with van der Waals surface area (Å²) in [7, 11) is 0. The lowest BCUT2D eigenvalue weighted by Gasteiger charge is -2.31. The first-order valence-electron chi connectivity index (χ1n) is 8.65. The molecule has 1 aromatic heterocycles. The van der Waals surface area contributed by atoms with Crippen molar-refractivity contribution in [2.75, 3.05) is 13.1 Å². The summed E-state index contributed by atoms with van der Waals surface area (Å²) in [6, 6.07) is 14.6. The maximum absolute atomic E-state index is 12.6. The van der Waals surface area contributed by atoms with Gasteiger partial charge in [0.2, 0.25) is 0 Å². The first-order valence-corrected chi connectivity index (χ1v) is 9.84. The number of rotatable bonds is 3. The Hall–Kier alpha value is -2.62. The minimum Gasteiger partial charge on any atom is -0.467 e. The first kappa shape index (κ1) is 17.8. The van der Waals surface area contributed by atoms with Crippen LogP contribution in [0.2, 0.25) is 5.02 Å². The third kappa shape index (κ3) is 3.75. The summed E-state index contributed by atoms with van der Waals surface area (Å²) < 4.78 is 7.04. The number of para-hydroxylation sites is 1. The maximum Gasteiger partial charge on any atom is 0.274 e. The van der Waals surface area contributed by atoms with Crippen molar-refractivity contribution in [2.45, 2.75) is 18.9 Å². The van der Waals surface area contributed by atoms with Gasteiger partial charge < -0.3 is 9.64 Å². The molecule has 0 spiro atoms. The standard InChI is InChI=1S/C20H16ClN3O2S/c21-16-5-2-6-17-18(16)23-20(27-17)26-15-7-9-24(10-8-15)19(25)14-4-1-3-13(11-14)12-22/h1-6,11,15H,7-10H2. The second-order valence-electron chi connectivity index (χ2n) is 6.37. The van der Waals surface area contributed by atoms with Gasteiger partial charge in [-0.2, -0.15) is 5.26 Å². The van der Waals surface area contributed by atoms with Gasteiger partial charge in [0.25, 0.3) is 11.1 Å². The average molecular weight is 398 g/mol. The zero-order valence-corrected chi connectivity index (χ0v) is 16.0. The summed E-state index contributed by atoms with van der Waals surface area (Å²) in [6.07, 6.45) is 1.51. The number of piperidine rings is 1. The SMILES string of the molecule is N#Cc1cccc(C(=O)N2CCC(Oc3nc4c(Cl)cccc4s3)CC2)c1. The topological polar surface area (TPSA) is 66.2 Å². The molecule has 1 amide bonds. The van der Waals surface area contributed by atoms with Crippen LogP contribution in [-0.2, 0) is 0 Å². The van der Waals surface area contributed by atoms with Crippen LogP contribution in [0.3, 0.4) is 0 Å². The van der Waals surface area contributed by atoms with Crippen LogP contribution in [0, 0.1) is 11.3 Å². The Labute approximate surface area is 165 Å². The molecule has 1 saturated heterocycles. The number of aromatic nitrogens is 1. The van der Waals surface area contributed by atoms with Crippen molar-refractivity contribution in [3.63, 3.8) is 0 Å². The average Bonchev–Trinajstić information content (AvgIpc) is 3.12. The molecule has 0 unspecified atom stereocenters. The molecule has 3 aromatic rings. The number of hydrogen-bond acceptors (Lipinski definition) is 5. The van der Waals surface area contributed by atoms with Crippen molar-refractivity contribution in [3.8, 4) is 11.3 Å². The fourth-order valence-electron chi connectivity index (χ4n) is 3.17. The molecule has 0 saturated carbocycles. The van der Waals surface area contributed by atoms with Gasteiger partial charge in [-0.3, -0.25) is 4.79 Å². The van der Waals surface area contributed by atoms with Crippen LogP contribution >= 0.6 is 22.9 Å². The Bertz CT molecular complexity index is 1040. The number of fused-ring (bicyclic) bond motifs is 1. The second-order valence-corrected chi connectivity index (χ2v) is 7.77. The number of nitrogens with zero attached hydrogens (tertiary/aromatic N) is 3. The van der Waals surface area contributed by atoms with Gasteiger partial charge in [0.05, 0.1) is 21.4 Å². The zero-order chi connectivity index (χ0) is 18.8. The van der Waals surface area contributed by atoms with Gasteiger partial charge in [0.1, 0.15) is 11.6 Å². The molecular formula is C20H16ClN3O2S. The van der Waals surface area contributed by atoms with Gasteiger partial charge in [-0.1, -0.05) is 35.1 Å². The van der Waals surface area contributed by atoms with E-state index in [-0.39, 0.29) is 12.0 Å². The fraction of sp³-hybridized carbons (Fsp3) is 0.250. The molecule has 2 aromatic carbocycles. The Kier molecular flexibility index (Phi) is 4.97. The molecule has 5 nitrogen and oxygen atoms in total. The van der Waals surface area contributed by atoms with E-state index in [1.165, 1.54) is 11.3 Å². The number of benzene rings is 2. The molecule has 2 heterocycles. The van der Waals surface area contributed by atoms with Crippen LogP contribution in [0.4, 0.5) is 0 Å². The maximum atomic E-state index is 12.6. The summed E-state index contributed by atoms with van der Waals surface area (Å²) in [5.74, 6) is -0.0441. The molecule has 136 valence electrons. The number of hydrogen-bond donors (Lipinski definition) is 0. The van der Waals surface area contributed by atoms with E-state index in [0.717, 1.165) is 23.1 Å². The molecule has 27 heavy (non-hydrogen) atoms. The van der Waals surface area contributed by atoms with Crippen LogP contribution in [-0.4, -0.2) is 35.0 Å². The van der Waals surface area contributed by atoms with Gasteiger partial charge in [0.15, 0.2) is 0 Å². The summed E-state index contributed by atoms with van der Waals surface area (Å²) >= 11 is 7.66. The summed E-state index contributed by atoms with van der Waals surface area (Å²) in [5.41, 5.74) is 1.81. The van der Waals surface area contributed by atoms with Gasteiger partial charge in [0, 0.05) is 31.5 Å². The van der Waals surface area contributed by atoms with Crippen LogP contribution < -0.4 is 4.74 Å². The molecule has 1 fully saturated rings. The van der Waals surface area contributed by atoms with Gasteiger partial charge in [-0.15, -0.1) is 0 Å². The molecule has 7 heteroatoms. The van der Waals surface area contributed by atoms with Crippen molar-refractivity contribution < 1.29 is 9.53 Å². The normalized spacial score (nSPS) is 14.9. The number of amides is 1. The number of ether oxygens (including phenoxy) is 1. The number of nitriles is 1. The highest BCUT2D eigenvalue weighted by molar-refractivity contribution is 7.20. The lowest BCUT2D eigenvalue weighted by Crippen LogP contribution is -2.41. The predicted octanol–water partition coefficient (Wildman–Crippen LogP) is 4.50. The molecule has 1 aliphatic rings. The lowest BCUT2D eigenvalue weighted by molar-refractivity contribution is 0.0595. The number of thiazole rings is 1. The van der Waals surface area contributed by atoms with E-state index in [9.17, 15) is 4.79 Å². The molecule has 0 N–H and O–H groups in total. The van der Waals surface area contributed by atoms with E-state index in [4.69, 9.17) is 21.6 Å². The minimum absolute atomic E-state index is 0.0267. The molecular weight excluding hydrogens is 382 g/mol. The smallest absolute Gasteiger partial charge is 0.274 e. The number of carbonyl (C=O) groups is 1. The van der Waals surface area contributed by atoms with Crippen molar-refractivity contribution >= 4 is 39.1 Å². The molecule has 0 radical (unpaired) electrons. The quantitative estimate of drug-likeness (QED) is 0.652. The molecule has 0 aliphatic carbocycles. The third-order valence-electron chi connectivity index (χ3n) is 4.59. The van der Waals surface area contributed by atoms with E-state index in [0.29, 0.717) is 34.4 Å². The monoisotopic (exact) mass is 397 g/mol. The Balaban J connectivity index is 1.39. The second kappa shape index (κ2) is 7.55.